The summed E-state index contributed by atoms with van der Waals surface area (Å²) in [6.07, 6.45) is 8.73. The van der Waals surface area contributed by atoms with Gasteiger partial charge in [0.1, 0.15) is 5.01 Å². The van der Waals surface area contributed by atoms with Crippen LogP contribution in [0.2, 0.25) is 0 Å². The van der Waals surface area contributed by atoms with E-state index in [1.807, 2.05) is 6.92 Å². The number of rotatable bonds is 4. The zero-order valence-electron chi connectivity index (χ0n) is 11.4. The lowest BCUT2D eigenvalue weighted by Crippen LogP contribution is -2.36. The number of carbonyl (C=O) groups excluding carboxylic acids is 1. The van der Waals surface area contributed by atoms with Gasteiger partial charge in [-0.25, -0.2) is 0 Å². The van der Waals surface area contributed by atoms with Gasteiger partial charge in [-0.3, -0.25) is 4.79 Å². The van der Waals surface area contributed by atoms with Crippen molar-refractivity contribution in [3.8, 4) is 0 Å². The maximum Gasteiger partial charge on any atom is 0.230 e. The van der Waals surface area contributed by atoms with E-state index >= 15 is 0 Å². The first-order chi connectivity index (χ1) is 9.24. The Morgan fingerprint density at radius 1 is 1.26 bits per heavy atom. The zero-order valence-corrected chi connectivity index (χ0v) is 13.0. The van der Waals surface area contributed by atoms with Gasteiger partial charge in [0, 0.05) is 6.04 Å². The number of amides is 1. The summed E-state index contributed by atoms with van der Waals surface area (Å²) in [7, 11) is 0. The van der Waals surface area contributed by atoms with Crippen LogP contribution in [0.25, 0.3) is 0 Å². The normalized spacial score (nSPS) is 17.7. The van der Waals surface area contributed by atoms with Crippen LogP contribution in [0.4, 0.5) is 0 Å². The smallest absolute Gasteiger partial charge is 0.230 e. The highest BCUT2D eigenvalue weighted by molar-refractivity contribution is 8.01. The lowest BCUT2D eigenvalue weighted by Gasteiger charge is -2.20. The molecule has 0 spiro atoms. The van der Waals surface area contributed by atoms with Crippen molar-refractivity contribution < 1.29 is 4.79 Å². The molecule has 1 aliphatic carbocycles. The Hall–Kier alpha value is -0.620. The number of hydrogen-bond donors (Lipinski definition) is 1. The topological polar surface area (TPSA) is 54.9 Å². The summed E-state index contributed by atoms with van der Waals surface area (Å²) >= 11 is 3.02. The molecule has 1 aromatic rings. The number of aromatic nitrogens is 2. The number of thioether (sulfide) groups is 1. The SMILES string of the molecule is Cc1nnc(SCC(=O)NC2CCCCCCC2)s1. The summed E-state index contributed by atoms with van der Waals surface area (Å²) in [6, 6.07) is 0.379. The first kappa shape index (κ1) is 14.8. The summed E-state index contributed by atoms with van der Waals surface area (Å²) in [4.78, 5) is 11.9. The molecule has 0 unspecified atom stereocenters. The average Bonchev–Trinajstić information content (AvgIpc) is 2.76. The molecular weight excluding hydrogens is 278 g/mol. The molecule has 1 aromatic heterocycles. The Balaban J connectivity index is 1.70. The van der Waals surface area contributed by atoms with Crippen molar-refractivity contribution in [3.63, 3.8) is 0 Å². The third kappa shape index (κ3) is 5.48. The number of nitrogens with zero attached hydrogens (tertiary/aromatic N) is 2. The molecule has 1 fully saturated rings. The average molecular weight is 299 g/mol. The van der Waals surface area contributed by atoms with Crippen LogP contribution in [-0.2, 0) is 4.79 Å². The van der Waals surface area contributed by atoms with Crippen molar-refractivity contribution >= 4 is 29.0 Å². The molecule has 0 bridgehead atoms. The summed E-state index contributed by atoms with van der Waals surface area (Å²) in [5, 5.41) is 12.1. The zero-order chi connectivity index (χ0) is 13.5. The van der Waals surface area contributed by atoms with Gasteiger partial charge in [0.2, 0.25) is 5.91 Å². The van der Waals surface area contributed by atoms with Gasteiger partial charge in [0.15, 0.2) is 4.34 Å². The minimum absolute atomic E-state index is 0.128. The van der Waals surface area contributed by atoms with E-state index < -0.39 is 0 Å². The van der Waals surface area contributed by atoms with E-state index in [1.165, 1.54) is 43.9 Å². The Morgan fingerprint density at radius 2 is 1.95 bits per heavy atom. The Kier molecular flexibility index (Phi) is 6.10. The van der Waals surface area contributed by atoms with Crippen molar-refractivity contribution in [1.82, 2.24) is 15.5 Å². The molecule has 0 aromatic carbocycles. The fourth-order valence-corrected chi connectivity index (χ4v) is 3.96. The van der Waals surface area contributed by atoms with Gasteiger partial charge in [-0.05, 0) is 19.8 Å². The molecule has 1 amide bonds. The Labute approximate surface area is 122 Å². The van der Waals surface area contributed by atoms with E-state index in [0.717, 1.165) is 22.2 Å². The van der Waals surface area contributed by atoms with Gasteiger partial charge in [0.05, 0.1) is 5.75 Å². The van der Waals surface area contributed by atoms with E-state index in [2.05, 4.69) is 15.5 Å². The monoisotopic (exact) mass is 299 g/mol. The van der Waals surface area contributed by atoms with Gasteiger partial charge < -0.3 is 5.32 Å². The van der Waals surface area contributed by atoms with Gasteiger partial charge >= 0.3 is 0 Å². The maximum absolute atomic E-state index is 11.9. The first-order valence-corrected chi connectivity index (χ1v) is 8.76. The molecule has 0 saturated heterocycles. The van der Waals surface area contributed by atoms with Crippen LogP contribution in [0, 0.1) is 6.92 Å². The molecule has 1 saturated carbocycles. The highest BCUT2D eigenvalue weighted by Gasteiger charge is 2.14. The fourth-order valence-electron chi connectivity index (χ4n) is 2.33. The van der Waals surface area contributed by atoms with Crippen molar-refractivity contribution in [3.05, 3.63) is 5.01 Å². The summed E-state index contributed by atoms with van der Waals surface area (Å²) in [5.41, 5.74) is 0. The van der Waals surface area contributed by atoms with Crippen LogP contribution >= 0.6 is 23.1 Å². The van der Waals surface area contributed by atoms with E-state index in [4.69, 9.17) is 0 Å². The van der Waals surface area contributed by atoms with Crippen LogP contribution in [-0.4, -0.2) is 27.9 Å². The number of carbonyl (C=O) groups is 1. The molecule has 4 nitrogen and oxygen atoms in total. The van der Waals surface area contributed by atoms with Crippen LogP contribution in [0.5, 0.6) is 0 Å². The second kappa shape index (κ2) is 7.85. The Morgan fingerprint density at radius 3 is 2.58 bits per heavy atom. The molecular formula is C13H21N3OS2. The highest BCUT2D eigenvalue weighted by atomic mass is 32.2. The van der Waals surface area contributed by atoms with Crippen molar-refractivity contribution in [1.29, 1.82) is 0 Å². The second-order valence-electron chi connectivity index (χ2n) is 4.99. The lowest BCUT2D eigenvalue weighted by atomic mass is 9.97. The predicted octanol–water partition coefficient (Wildman–Crippen LogP) is 3.17. The third-order valence-electron chi connectivity index (χ3n) is 3.30. The van der Waals surface area contributed by atoms with Gasteiger partial charge in [-0.2, -0.15) is 0 Å². The van der Waals surface area contributed by atoms with Crippen molar-refractivity contribution in [2.24, 2.45) is 0 Å². The number of hydrogen-bond acceptors (Lipinski definition) is 5. The molecule has 1 heterocycles. The van der Waals surface area contributed by atoms with Gasteiger partial charge in [-0.15, -0.1) is 10.2 Å². The molecule has 0 radical (unpaired) electrons. The molecule has 6 heteroatoms. The summed E-state index contributed by atoms with van der Waals surface area (Å²) in [6.45, 7) is 1.93. The molecule has 1 N–H and O–H groups in total. The van der Waals surface area contributed by atoms with Crippen LogP contribution in [0.1, 0.15) is 50.0 Å². The molecule has 1 aliphatic rings. The van der Waals surface area contributed by atoms with Crippen LogP contribution < -0.4 is 5.32 Å². The minimum atomic E-state index is 0.128. The quantitative estimate of drug-likeness (QED) is 0.868. The van der Waals surface area contributed by atoms with E-state index in [0.29, 0.717) is 11.8 Å². The van der Waals surface area contributed by atoms with E-state index in [-0.39, 0.29) is 5.91 Å². The molecule has 2 rings (SSSR count). The van der Waals surface area contributed by atoms with Gasteiger partial charge in [-0.1, -0.05) is 55.2 Å². The second-order valence-corrected chi connectivity index (χ2v) is 7.39. The number of aryl methyl sites for hydroxylation is 1. The minimum Gasteiger partial charge on any atom is -0.353 e. The summed E-state index contributed by atoms with van der Waals surface area (Å²) < 4.78 is 0.880. The predicted molar refractivity (Wildman–Crippen MR) is 79.6 cm³/mol. The molecule has 0 aliphatic heterocycles. The van der Waals surface area contributed by atoms with Crippen LogP contribution in [0.15, 0.2) is 4.34 Å². The first-order valence-electron chi connectivity index (χ1n) is 6.96. The van der Waals surface area contributed by atoms with Crippen molar-refractivity contribution in [2.75, 3.05) is 5.75 Å². The molecule has 106 valence electrons. The number of nitrogens with one attached hydrogen (secondary N) is 1. The fraction of sp³-hybridized carbons (Fsp3) is 0.769. The lowest BCUT2D eigenvalue weighted by molar-refractivity contribution is -0.119. The molecule has 19 heavy (non-hydrogen) atoms. The maximum atomic E-state index is 11.9. The van der Waals surface area contributed by atoms with Gasteiger partial charge in [0.25, 0.3) is 0 Å². The van der Waals surface area contributed by atoms with Crippen LogP contribution in [0.3, 0.4) is 0 Å². The standard InChI is InChI=1S/C13H21N3OS2/c1-10-15-16-13(19-10)18-9-12(17)14-11-7-5-3-2-4-6-8-11/h11H,2-9H2,1H3,(H,14,17). The highest BCUT2D eigenvalue weighted by Crippen LogP contribution is 2.22. The Bertz CT molecular complexity index is 400. The third-order valence-corrected chi connectivity index (χ3v) is 5.28. The van der Waals surface area contributed by atoms with Crippen molar-refractivity contribution in [2.45, 2.75) is 62.3 Å². The summed E-state index contributed by atoms with van der Waals surface area (Å²) in [5.74, 6) is 0.578. The largest absolute Gasteiger partial charge is 0.353 e. The van der Waals surface area contributed by atoms with E-state index in [9.17, 15) is 4.79 Å². The van der Waals surface area contributed by atoms with E-state index in [1.54, 1.807) is 11.3 Å². The molecule has 0 atom stereocenters.